The van der Waals surface area contributed by atoms with Crippen LogP contribution in [-0.4, -0.2) is 22.1 Å². The van der Waals surface area contributed by atoms with Crippen molar-refractivity contribution in [3.63, 3.8) is 0 Å². The van der Waals surface area contributed by atoms with E-state index in [1.165, 1.54) is 12.8 Å². The molecule has 2 heterocycles. The minimum atomic E-state index is -0.00880. The number of aryl methyl sites for hydroxylation is 1. The molecule has 4 nitrogen and oxygen atoms in total. The van der Waals surface area contributed by atoms with Crippen LogP contribution in [0.15, 0.2) is 29.3 Å². The molecule has 1 N–H and O–H groups in total. The van der Waals surface area contributed by atoms with Gasteiger partial charge in [0.15, 0.2) is 0 Å². The highest BCUT2D eigenvalue weighted by Crippen LogP contribution is 2.14. The summed E-state index contributed by atoms with van der Waals surface area (Å²) in [5.41, 5.74) is 0.690. The second-order valence-electron chi connectivity index (χ2n) is 4.99. The molecule has 0 spiro atoms. The number of fused-ring (bicyclic) bond motifs is 1. The van der Waals surface area contributed by atoms with E-state index in [0.717, 1.165) is 13.0 Å². The van der Waals surface area contributed by atoms with Crippen molar-refractivity contribution in [1.82, 2.24) is 14.9 Å². The smallest absolute Gasteiger partial charge is 0.261 e. The lowest BCUT2D eigenvalue weighted by Crippen LogP contribution is -2.27. The molecule has 2 aromatic rings. The van der Waals surface area contributed by atoms with Gasteiger partial charge < -0.3 is 5.32 Å². The summed E-state index contributed by atoms with van der Waals surface area (Å²) in [6.45, 7) is 1.79. The molecule has 0 saturated carbocycles. The molecule has 108 valence electrons. The Morgan fingerprint density at radius 3 is 3.05 bits per heavy atom. The normalized spacial score (nSPS) is 18.1. The van der Waals surface area contributed by atoms with Crippen LogP contribution < -0.4 is 10.9 Å². The van der Waals surface area contributed by atoms with Crippen LogP contribution in [0.4, 0.5) is 0 Å². The topological polar surface area (TPSA) is 46.9 Å². The summed E-state index contributed by atoms with van der Waals surface area (Å²) in [4.78, 5) is 16.6. The third-order valence-corrected chi connectivity index (χ3v) is 3.90. The molecule has 1 fully saturated rings. The predicted octanol–water partition coefficient (Wildman–Crippen LogP) is 2.61. The zero-order valence-corrected chi connectivity index (χ0v) is 12.6. The first-order valence-electron chi connectivity index (χ1n) is 6.62. The predicted molar refractivity (Wildman–Crippen MR) is 83.9 cm³/mol. The van der Waals surface area contributed by atoms with Gasteiger partial charge in [-0.15, -0.1) is 12.4 Å². The molecule has 3 rings (SSSR count). The lowest BCUT2D eigenvalue weighted by Gasteiger charge is -2.11. The third kappa shape index (κ3) is 3.14. The van der Waals surface area contributed by atoms with Gasteiger partial charge in [-0.3, -0.25) is 9.36 Å². The molecule has 1 aromatic heterocycles. The molecular formula is C14H17Cl2N3O. The summed E-state index contributed by atoms with van der Waals surface area (Å²) in [6.07, 6.45) is 5.02. The van der Waals surface area contributed by atoms with Crippen LogP contribution in [0, 0.1) is 0 Å². The maximum Gasteiger partial charge on any atom is 0.261 e. The Morgan fingerprint density at radius 1 is 1.45 bits per heavy atom. The van der Waals surface area contributed by atoms with Crippen LogP contribution in [-0.2, 0) is 6.54 Å². The fourth-order valence-corrected chi connectivity index (χ4v) is 2.76. The average Bonchev–Trinajstić information content (AvgIpc) is 2.92. The molecule has 1 aliphatic rings. The van der Waals surface area contributed by atoms with Crippen LogP contribution in [0.25, 0.3) is 10.9 Å². The Bertz CT molecular complexity index is 650. The molecule has 1 atom stereocenters. The number of nitrogens with one attached hydrogen (secondary N) is 1. The van der Waals surface area contributed by atoms with Gasteiger partial charge in [0.25, 0.3) is 5.56 Å². The Morgan fingerprint density at radius 2 is 2.30 bits per heavy atom. The monoisotopic (exact) mass is 313 g/mol. The van der Waals surface area contributed by atoms with Gasteiger partial charge in [0.2, 0.25) is 0 Å². The summed E-state index contributed by atoms with van der Waals surface area (Å²) in [5, 5.41) is 4.60. The molecular weight excluding hydrogens is 297 g/mol. The molecule has 0 bridgehead atoms. The Hall–Kier alpha value is -1.10. The van der Waals surface area contributed by atoms with Crippen LogP contribution in [0.2, 0.25) is 5.02 Å². The van der Waals surface area contributed by atoms with E-state index < -0.39 is 0 Å². The van der Waals surface area contributed by atoms with Gasteiger partial charge >= 0.3 is 0 Å². The van der Waals surface area contributed by atoms with E-state index in [1.807, 2.05) is 0 Å². The SMILES string of the molecule is Cl.O=c1c2cc(Cl)ccc2ncn1CC[C@@H]1CCCN1. The van der Waals surface area contributed by atoms with E-state index in [-0.39, 0.29) is 18.0 Å². The van der Waals surface area contributed by atoms with Crippen molar-refractivity contribution in [2.45, 2.75) is 31.8 Å². The lowest BCUT2D eigenvalue weighted by molar-refractivity contribution is 0.497. The zero-order valence-electron chi connectivity index (χ0n) is 11.0. The van der Waals surface area contributed by atoms with Gasteiger partial charge in [-0.1, -0.05) is 11.6 Å². The quantitative estimate of drug-likeness (QED) is 0.947. The van der Waals surface area contributed by atoms with E-state index in [2.05, 4.69) is 10.3 Å². The van der Waals surface area contributed by atoms with Crippen LogP contribution >= 0.6 is 24.0 Å². The van der Waals surface area contributed by atoms with Crippen molar-refractivity contribution in [2.24, 2.45) is 0 Å². The zero-order chi connectivity index (χ0) is 13.2. The largest absolute Gasteiger partial charge is 0.314 e. The van der Waals surface area contributed by atoms with Gasteiger partial charge in [0, 0.05) is 17.6 Å². The van der Waals surface area contributed by atoms with Crippen LogP contribution in [0.3, 0.4) is 0 Å². The number of nitrogens with zero attached hydrogens (tertiary/aromatic N) is 2. The summed E-state index contributed by atoms with van der Waals surface area (Å²) < 4.78 is 1.68. The third-order valence-electron chi connectivity index (χ3n) is 3.67. The fourth-order valence-electron chi connectivity index (χ4n) is 2.59. The van der Waals surface area contributed by atoms with Crippen molar-refractivity contribution >= 4 is 34.9 Å². The maximum atomic E-state index is 12.3. The number of halogens is 2. The van der Waals surface area contributed by atoms with Crippen molar-refractivity contribution in [1.29, 1.82) is 0 Å². The first-order chi connectivity index (χ1) is 9.24. The second-order valence-corrected chi connectivity index (χ2v) is 5.42. The molecule has 1 saturated heterocycles. The number of aromatic nitrogens is 2. The Kier molecular flexibility index (Phi) is 5.02. The van der Waals surface area contributed by atoms with Gasteiger partial charge in [-0.2, -0.15) is 0 Å². The fraction of sp³-hybridized carbons (Fsp3) is 0.429. The van der Waals surface area contributed by atoms with E-state index in [4.69, 9.17) is 11.6 Å². The Balaban J connectivity index is 0.00000147. The number of benzene rings is 1. The molecule has 1 aromatic carbocycles. The van der Waals surface area contributed by atoms with Crippen molar-refractivity contribution in [2.75, 3.05) is 6.54 Å². The molecule has 0 unspecified atom stereocenters. The summed E-state index contributed by atoms with van der Waals surface area (Å²) in [7, 11) is 0. The molecule has 0 aliphatic carbocycles. The van der Waals surface area contributed by atoms with Gasteiger partial charge in [-0.05, 0) is 44.0 Å². The first-order valence-corrected chi connectivity index (χ1v) is 7.00. The summed E-state index contributed by atoms with van der Waals surface area (Å²) in [6, 6.07) is 5.75. The first kappa shape index (κ1) is 15.3. The minimum absolute atomic E-state index is 0. The highest BCUT2D eigenvalue weighted by atomic mass is 35.5. The number of hydrogen-bond donors (Lipinski definition) is 1. The van der Waals surface area contributed by atoms with Crippen molar-refractivity contribution in [3.05, 3.63) is 39.9 Å². The van der Waals surface area contributed by atoms with E-state index in [1.54, 1.807) is 29.1 Å². The average molecular weight is 314 g/mol. The minimum Gasteiger partial charge on any atom is -0.314 e. The highest BCUT2D eigenvalue weighted by molar-refractivity contribution is 6.31. The molecule has 0 radical (unpaired) electrons. The lowest BCUT2D eigenvalue weighted by atomic mass is 10.1. The Labute approximate surface area is 128 Å². The van der Waals surface area contributed by atoms with Gasteiger partial charge in [0.05, 0.1) is 17.2 Å². The maximum absolute atomic E-state index is 12.3. The van der Waals surface area contributed by atoms with Crippen molar-refractivity contribution < 1.29 is 0 Å². The van der Waals surface area contributed by atoms with Crippen molar-refractivity contribution in [3.8, 4) is 0 Å². The van der Waals surface area contributed by atoms with E-state index >= 15 is 0 Å². The number of hydrogen-bond acceptors (Lipinski definition) is 3. The van der Waals surface area contributed by atoms with Gasteiger partial charge in [-0.25, -0.2) is 4.98 Å². The highest BCUT2D eigenvalue weighted by Gasteiger charge is 2.14. The standard InChI is InChI=1S/C14H16ClN3O.ClH/c15-10-3-4-13-12(8-10)14(19)18(9-17-13)7-5-11-2-1-6-16-11;/h3-4,8-9,11,16H,1-2,5-7H2;1H/t11-;/m0./s1. The molecule has 1 aliphatic heterocycles. The summed E-state index contributed by atoms with van der Waals surface area (Å²) in [5.74, 6) is 0. The molecule has 6 heteroatoms. The van der Waals surface area contributed by atoms with Gasteiger partial charge in [0.1, 0.15) is 0 Å². The second kappa shape index (κ2) is 6.57. The van der Waals surface area contributed by atoms with E-state index in [0.29, 0.717) is 28.5 Å². The summed E-state index contributed by atoms with van der Waals surface area (Å²) >= 11 is 5.94. The van der Waals surface area contributed by atoms with Crippen LogP contribution in [0.1, 0.15) is 19.3 Å². The molecule has 0 amide bonds. The van der Waals surface area contributed by atoms with E-state index in [9.17, 15) is 4.79 Å². The number of rotatable bonds is 3. The van der Waals surface area contributed by atoms with Crippen LogP contribution in [0.5, 0.6) is 0 Å². The molecule has 20 heavy (non-hydrogen) atoms.